The number of H-pyrrole nitrogens is 1. The average molecular weight is 328 g/mol. The van der Waals surface area contributed by atoms with Gasteiger partial charge in [-0.3, -0.25) is 19.1 Å². The van der Waals surface area contributed by atoms with Crippen LogP contribution in [0.4, 0.5) is 0 Å². The lowest BCUT2D eigenvalue weighted by atomic mass is 10.0. The molecule has 0 aliphatic rings. The molecule has 0 atom stereocenters. The highest BCUT2D eigenvalue weighted by atomic mass is 32.1. The van der Waals surface area contributed by atoms with Crippen molar-refractivity contribution in [3.63, 3.8) is 0 Å². The number of aryl methyl sites for hydroxylation is 1. The first-order chi connectivity index (χ1) is 11.0. The van der Waals surface area contributed by atoms with Crippen molar-refractivity contribution < 1.29 is 9.90 Å². The number of rotatable bonds is 5. The van der Waals surface area contributed by atoms with Crippen molar-refractivity contribution in [2.45, 2.75) is 13.5 Å². The summed E-state index contributed by atoms with van der Waals surface area (Å²) >= 11 is 5.01. The highest BCUT2D eigenvalue weighted by Gasteiger charge is 2.12. The van der Waals surface area contributed by atoms with E-state index < -0.39 is 5.56 Å². The number of allylic oxidation sites excluding steroid dienone is 2. The third-order valence-corrected chi connectivity index (χ3v) is 3.65. The molecule has 0 bridgehead atoms. The van der Waals surface area contributed by atoms with E-state index >= 15 is 0 Å². The summed E-state index contributed by atoms with van der Waals surface area (Å²) in [4.78, 5) is 25.9. The number of carbonyl (C=O) groups excluding carboxylic acids is 1. The topological polar surface area (TPSA) is 75.1 Å². The molecule has 2 aromatic rings. The second kappa shape index (κ2) is 7.02. The lowest BCUT2D eigenvalue weighted by molar-refractivity contribution is -0.103. The molecule has 0 saturated carbocycles. The SMILES string of the molecule is C=CCn1c(O)c(C=C(C=O)c2ccc(C)cc2)c(=O)[nH]c1=S. The van der Waals surface area contributed by atoms with Crippen LogP contribution >= 0.6 is 12.2 Å². The van der Waals surface area contributed by atoms with Gasteiger partial charge in [-0.15, -0.1) is 6.58 Å². The van der Waals surface area contributed by atoms with Gasteiger partial charge in [0.15, 0.2) is 11.1 Å². The summed E-state index contributed by atoms with van der Waals surface area (Å²) < 4.78 is 1.42. The molecule has 2 rings (SSSR count). The molecule has 0 unspecified atom stereocenters. The van der Waals surface area contributed by atoms with E-state index in [0.29, 0.717) is 11.8 Å². The number of hydrogen-bond acceptors (Lipinski definition) is 4. The number of aldehydes is 1. The molecule has 1 heterocycles. The molecule has 0 radical (unpaired) electrons. The van der Waals surface area contributed by atoms with Crippen molar-refractivity contribution in [3.8, 4) is 5.88 Å². The number of aromatic hydroxyl groups is 1. The van der Waals surface area contributed by atoms with Crippen LogP contribution in [0.25, 0.3) is 11.6 Å². The summed E-state index contributed by atoms with van der Waals surface area (Å²) in [5.41, 5.74) is 1.41. The van der Waals surface area contributed by atoms with Crippen LogP contribution in [0.1, 0.15) is 16.7 Å². The Hall–Kier alpha value is -2.73. The molecule has 1 aromatic heterocycles. The lowest BCUT2D eigenvalue weighted by Gasteiger charge is -2.09. The molecule has 1 aromatic carbocycles. The molecular weight excluding hydrogens is 312 g/mol. The molecule has 0 fully saturated rings. The van der Waals surface area contributed by atoms with Gasteiger partial charge >= 0.3 is 0 Å². The van der Waals surface area contributed by atoms with Crippen molar-refractivity contribution in [1.82, 2.24) is 9.55 Å². The number of nitrogens with zero attached hydrogens (tertiary/aromatic N) is 1. The van der Waals surface area contributed by atoms with Crippen LogP contribution in [0.2, 0.25) is 0 Å². The van der Waals surface area contributed by atoms with E-state index in [2.05, 4.69) is 11.6 Å². The van der Waals surface area contributed by atoms with Gasteiger partial charge in [-0.05, 0) is 30.8 Å². The molecule has 2 N–H and O–H groups in total. The maximum absolute atomic E-state index is 12.1. The second-order valence-corrected chi connectivity index (χ2v) is 5.37. The number of nitrogens with one attached hydrogen (secondary N) is 1. The zero-order valence-electron chi connectivity index (χ0n) is 12.6. The Morgan fingerprint density at radius 1 is 1.39 bits per heavy atom. The first-order valence-corrected chi connectivity index (χ1v) is 7.29. The van der Waals surface area contributed by atoms with Gasteiger partial charge in [0.05, 0.1) is 0 Å². The number of hydrogen-bond donors (Lipinski definition) is 2. The van der Waals surface area contributed by atoms with Gasteiger partial charge < -0.3 is 5.11 Å². The third kappa shape index (κ3) is 3.54. The third-order valence-electron chi connectivity index (χ3n) is 3.33. The molecular formula is C17H16N2O3S. The van der Waals surface area contributed by atoms with Crippen molar-refractivity contribution in [1.29, 1.82) is 0 Å². The van der Waals surface area contributed by atoms with Crippen LogP contribution in [0.15, 0.2) is 41.7 Å². The first-order valence-electron chi connectivity index (χ1n) is 6.88. The summed E-state index contributed by atoms with van der Waals surface area (Å²) in [5, 5.41) is 10.3. The predicted octanol–water partition coefficient (Wildman–Crippen LogP) is 2.85. The minimum absolute atomic E-state index is 0.0249. The molecule has 0 aliphatic heterocycles. The Morgan fingerprint density at radius 2 is 2.04 bits per heavy atom. The van der Waals surface area contributed by atoms with Crippen molar-refractivity contribution in [2.75, 3.05) is 0 Å². The fraction of sp³-hybridized carbons (Fsp3) is 0.118. The average Bonchev–Trinajstić information content (AvgIpc) is 2.53. The molecule has 118 valence electrons. The number of carbonyl (C=O) groups is 1. The van der Waals surface area contributed by atoms with Crippen LogP contribution in [0.3, 0.4) is 0 Å². The maximum atomic E-state index is 12.1. The summed E-state index contributed by atoms with van der Waals surface area (Å²) in [6, 6.07) is 7.28. The second-order valence-electron chi connectivity index (χ2n) is 4.98. The molecule has 0 amide bonds. The molecule has 0 aliphatic carbocycles. The van der Waals surface area contributed by atoms with Gasteiger partial charge in [-0.2, -0.15) is 0 Å². The minimum Gasteiger partial charge on any atom is -0.494 e. The number of aromatic nitrogens is 2. The Bertz CT molecular complexity index is 890. The zero-order chi connectivity index (χ0) is 17.0. The summed E-state index contributed by atoms with van der Waals surface area (Å²) in [6.45, 7) is 5.76. The van der Waals surface area contributed by atoms with Crippen LogP contribution < -0.4 is 5.56 Å². The Labute approximate surface area is 138 Å². The van der Waals surface area contributed by atoms with Gasteiger partial charge in [-0.25, -0.2) is 0 Å². The van der Waals surface area contributed by atoms with E-state index in [4.69, 9.17) is 12.2 Å². The maximum Gasteiger partial charge on any atom is 0.262 e. The largest absolute Gasteiger partial charge is 0.494 e. The van der Waals surface area contributed by atoms with E-state index in [-0.39, 0.29) is 28.3 Å². The fourth-order valence-electron chi connectivity index (χ4n) is 2.09. The minimum atomic E-state index is -0.556. The van der Waals surface area contributed by atoms with E-state index in [1.165, 1.54) is 10.6 Å². The first kappa shape index (κ1) is 16.6. The summed E-state index contributed by atoms with van der Waals surface area (Å²) in [6.07, 6.45) is 3.53. The van der Waals surface area contributed by atoms with Gasteiger partial charge in [0.2, 0.25) is 5.88 Å². The Balaban J connectivity index is 2.64. The Kier molecular flexibility index (Phi) is 5.08. The van der Waals surface area contributed by atoms with E-state index in [1.807, 2.05) is 19.1 Å². The van der Waals surface area contributed by atoms with Crippen LogP contribution in [0.5, 0.6) is 5.88 Å². The molecule has 5 nitrogen and oxygen atoms in total. The number of benzene rings is 1. The summed E-state index contributed by atoms with van der Waals surface area (Å²) in [5.74, 6) is -0.301. The van der Waals surface area contributed by atoms with Crippen LogP contribution in [-0.2, 0) is 11.3 Å². The van der Waals surface area contributed by atoms with Gasteiger partial charge in [0.25, 0.3) is 5.56 Å². The van der Waals surface area contributed by atoms with Gasteiger partial charge in [0.1, 0.15) is 5.56 Å². The fourth-order valence-corrected chi connectivity index (χ4v) is 2.34. The van der Waals surface area contributed by atoms with Gasteiger partial charge in [-0.1, -0.05) is 35.9 Å². The smallest absolute Gasteiger partial charge is 0.262 e. The van der Waals surface area contributed by atoms with Crippen LogP contribution in [0, 0.1) is 11.7 Å². The lowest BCUT2D eigenvalue weighted by Crippen LogP contribution is -2.16. The number of aromatic amines is 1. The molecule has 6 heteroatoms. The molecule has 23 heavy (non-hydrogen) atoms. The standard InChI is InChI=1S/C17H16N2O3S/c1-3-8-19-16(22)14(15(21)18-17(19)23)9-13(10-20)12-6-4-11(2)5-7-12/h3-7,9-10,22H,1,8H2,2H3,(H,18,21,23). The normalized spacial score (nSPS) is 11.3. The van der Waals surface area contributed by atoms with E-state index in [1.54, 1.807) is 18.2 Å². The molecule has 0 spiro atoms. The van der Waals surface area contributed by atoms with Gasteiger partial charge in [0, 0.05) is 12.1 Å². The van der Waals surface area contributed by atoms with E-state index in [0.717, 1.165) is 5.56 Å². The predicted molar refractivity (Wildman–Crippen MR) is 92.9 cm³/mol. The monoisotopic (exact) mass is 328 g/mol. The van der Waals surface area contributed by atoms with Crippen molar-refractivity contribution >= 4 is 30.2 Å². The quantitative estimate of drug-likeness (QED) is 0.383. The highest BCUT2D eigenvalue weighted by molar-refractivity contribution is 7.71. The van der Waals surface area contributed by atoms with Crippen molar-refractivity contribution in [2.24, 2.45) is 0 Å². The molecule has 0 saturated heterocycles. The zero-order valence-corrected chi connectivity index (χ0v) is 13.4. The highest BCUT2D eigenvalue weighted by Crippen LogP contribution is 2.21. The Morgan fingerprint density at radius 3 is 2.61 bits per heavy atom. The van der Waals surface area contributed by atoms with Crippen LogP contribution in [-0.4, -0.2) is 20.9 Å². The van der Waals surface area contributed by atoms with Crippen molar-refractivity contribution in [3.05, 3.63) is 68.7 Å². The van der Waals surface area contributed by atoms with E-state index in [9.17, 15) is 14.7 Å². The summed E-state index contributed by atoms with van der Waals surface area (Å²) in [7, 11) is 0.